The van der Waals surface area contributed by atoms with Crippen molar-refractivity contribution in [3.05, 3.63) is 69.7 Å². The minimum atomic E-state index is -0.412. The first-order valence-electron chi connectivity index (χ1n) is 10.8. The molecule has 4 rings (SSSR count). The highest BCUT2D eigenvalue weighted by atomic mass is 35.5. The van der Waals surface area contributed by atoms with Crippen molar-refractivity contribution in [2.75, 3.05) is 13.6 Å². The number of hydrogen-bond donors (Lipinski definition) is 1. The van der Waals surface area contributed by atoms with Crippen molar-refractivity contribution in [2.45, 2.75) is 63.5 Å². The Bertz CT molecular complexity index is 871. The molecule has 1 N–H and O–H groups in total. The van der Waals surface area contributed by atoms with Crippen molar-refractivity contribution in [1.29, 1.82) is 0 Å². The van der Waals surface area contributed by atoms with Crippen molar-refractivity contribution in [2.24, 2.45) is 0 Å². The van der Waals surface area contributed by atoms with Gasteiger partial charge < -0.3 is 5.32 Å². The van der Waals surface area contributed by atoms with Crippen LogP contribution in [0.4, 0.5) is 0 Å². The summed E-state index contributed by atoms with van der Waals surface area (Å²) in [7, 11) is 2.16. The number of carbonyl (C=O) groups excluding carboxylic acids is 1. The molecule has 0 radical (unpaired) electrons. The summed E-state index contributed by atoms with van der Waals surface area (Å²) in [6.07, 6.45) is 6.25. The molecule has 2 aromatic rings. The van der Waals surface area contributed by atoms with Gasteiger partial charge in [0.15, 0.2) is 0 Å². The molecule has 2 aliphatic rings. The minimum Gasteiger partial charge on any atom is -0.354 e. The number of aryl methyl sites for hydroxylation is 1. The maximum Gasteiger partial charge on any atom is 0.230 e. The number of nitrogens with one attached hydrogen (secondary N) is 1. The first-order chi connectivity index (χ1) is 14.0. The van der Waals surface area contributed by atoms with Gasteiger partial charge >= 0.3 is 0 Å². The average Bonchev–Trinajstić information content (AvgIpc) is 2.73. The minimum absolute atomic E-state index is 0.183. The Hall–Kier alpha value is -1.84. The molecular weight excluding hydrogens is 380 g/mol. The van der Waals surface area contributed by atoms with E-state index in [1.165, 1.54) is 23.1 Å². The topological polar surface area (TPSA) is 32.3 Å². The van der Waals surface area contributed by atoms with E-state index in [9.17, 15) is 4.79 Å². The number of fused-ring (bicyclic) bond motifs is 1. The summed E-state index contributed by atoms with van der Waals surface area (Å²) in [6, 6.07) is 15.0. The van der Waals surface area contributed by atoms with Crippen LogP contribution < -0.4 is 5.32 Å². The van der Waals surface area contributed by atoms with Crippen molar-refractivity contribution in [1.82, 2.24) is 10.2 Å². The summed E-state index contributed by atoms with van der Waals surface area (Å²) in [4.78, 5) is 15.9. The van der Waals surface area contributed by atoms with Gasteiger partial charge in [-0.1, -0.05) is 66.8 Å². The number of carbonyl (C=O) groups is 1. The van der Waals surface area contributed by atoms with E-state index < -0.39 is 5.41 Å². The van der Waals surface area contributed by atoms with Crippen LogP contribution >= 0.6 is 11.6 Å². The van der Waals surface area contributed by atoms with Crippen LogP contribution in [-0.4, -0.2) is 30.4 Å². The SMILES string of the molecule is Cc1ccc2c(c1)C[C@H](CNC(=O)C1(c3ccc(Cl)cc3)CCCCC1)N(C)C2. The van der Waals surface area contributed by atoms with Gasteiger partial charge in [-0.2, -0.15) is 0 Å². The van der Waals surface area contributed by atoms with Crippen LogP contribution in [0.1, 0.15) is 54.4 Å². The molecule has 1 fully saturated rings. The molecule has 0 saturated heterocycles. The van der Waals surface area contributed by atoms with Crippen molar-refractivity contribution >= 4 is 17.5 Å². The van der Waals surface area contributed by atoms with Gasteiger partial charge in [-0.05, 0) is 62.1 Å². The quantitative estimate of drug-likeness (QED) is 0.767. The summed E-state index contributed by atoms with van der Waals surface area (Å²) in [5, 5.41) is 4.06. The number of benzene rings is 2. The number of rotatable bonds is 4. The van der Waals surface area contributed by atoms with Crippen molar-refractivity contribution in [3.63, 3.8) is 0 Å². The van der Waals surface area contributed by atoms with Crippen LogP contribution in [0.2, 0.25) is 5.02 Å². The Balaban J connectivity index is 1.49. The Morgan fingerprint density at radius 3 is 2.55 bits per heavy atom. The zero-order chi connectivity index (χ0) is 20.4. The van der Waals surface area contributed by atoms with E-state index in [4.69, 9.17) is 11.6 Å². The van der Waals surface area contributed by atoms with Crippen molar-refractivity contribution < 1.29 is 4.79 Å². The molecule has 4 heteroatoms. The van der Waals surface area contributed by atoms with Crippen LogP contribution in [0.15, 0.2) is 42.5 Å². The van der Waals surface area contributed by atoms with Gasteiger partial charge in [0.1, 0.15) is 0 Å². The van der Waals surface area contributed by atoms with E-state index in [0.29, 0.717) is 12.6 Å². The first kappa shape index (κ1) is 20.4. The van der Waals surface area contributed by atoms with Crippen LogP contribution in [0.5, 0.6) is 0 Å². The van der Waals surface area contributed by atoms with Crippen LogP contribution in [-0.2, 0) is 23.2 Å². The Morgan fingerprint density at radius 2 is 1.83 bits per heavy atom. The molecule has 2 aromatic carbocycles. The number of likely N-dealkylation sites (N-methyl/N-ethyl adjacent to an activating group) is 1. The third-order valence-corrected chi connectivity index (χ3v) is 7.15. The third kappa shape index (κ3) is 4.22. The number of amides is 1. The van der Waals surface area contributed by atoms with Crippen LogP contribution in [0.25, 0.3) is 0 Å². The molecule has 0 spiro atoms. The summed E-state index contributed by atoms with van der Waals surface area (Å²) >= 11 is 6.10. The van der Waals surface area contributed by atoms with E-state index in [1.54, 1.807) is 0 Å². The molecule has 1 heterocycles. The monoisotopic (exact) mass is 410 g/mol. The molecule has 154 valence electrons. The lowest BCUT2D eigenvalue weighted by atomic mass is 9.68. The number of hydrogen-bond acceptors (Lipinski definition) is 2. The molecule has 3 nitrogen and oxygen atoms in total. The normalized spacial score (nSPS) is 21.4. The smallest absolute Gasteiger partial charge is 0.230 e. The fourth-order valence-corrected chi connectivity index (χ4v) is 5.21. The van der Waals surface area contributed by atoms with E-state index in [2.05, 4.69) is 42.4 Å². The summed E-state index contributed by atoms with van der Waals surface area (Å²) in [6.45, 7) is 3.78. The van der Waals surface area contributed by atoms with E-state index in [0.717, 1.165) is 49.2 Å². The van der Waals surface area contributed by atoms with E-state index in [-0.39, 0.29) is 5.91 Å². The predicted octanol–water partition coefficient (Wildman–Crippen LogP) is 5.02. The second-order valence-corrected chi connectivity index (χ2v) is 9.34. The molecule has 1 aliphatic heterocycles. The zero-order valence-electron chi connectivity index (χ0n) is 17.5. The molecule has 0 bridgehead atoms. The molecular formula is C25H31ClN2O. The van der Waals surface area contributed by atoms with Gasteiger partial charge in [0.2, 0.25) is 5.91 Å². The molecule has 0 unspecified atom stereocenters. The van der Waals surface area contributed by atoms with E-state index in [1.807, 2.05) is 24.3 Å². The maximum absolute atomic E-state index is 13.5. The standard InChI is InChI=1S/C25H31ClN2O/c1-18-6-7-19-17-28(2)23(15-20(19)14-18)16-27-24(29)25(12-4-3-5-13-25)21-8-10-22(26)11-9-21/h6-11,14,23H,3-5,12-13,15-17H2,1-2H3,(H,27,29)/t23-/m1/s1. The molecule has 29 heavy (non-hydrogen) atoms. The predicted molar refractivity (Wildman–Crippen MR) is 119 cm³/mol. The molecule has 1 aliphatic carbocycles. The lowest BCUT2D eigenvalue weighted by Crippen LogP contribution is -2.51. The second kappa shape index (κ2) is 8.49. The van der Waals surface area contributed by atoms with Gasteiger partial charge in [0.05, 0.1) is 5.41 Å². The zero-order valence-corrected chi connectivity index (χ0v) is 18.3. The fraction of sp³-hybridized carbons (Fsp3) is 0.480. The molecule has 1 atom stereocenters. The lowest BCUT2D eigenvalue weighted by Gasteiger charge is -2.38. The molecule has 1 saturated carbocycles. The summed E-state index contributed by atoms with van der Waals surface area (Å²) in [5.74, 6) is 0.183. The van der Waals surface area contributed by atoms with E-state index >= 15 is 0 Å². The molecule has 0 aromatic heterocycles. The van der Waals surface area contributed by atoms with Gasteiger partial charge in [-0.3, -0.25) is 9.69 Å². The fourth-order valence-electron chi connectivity index (χ4n) is 5.09. The third-order valence-electron chi connectivity index (χ3n) is 6.90. The molecule has 1 amide bonds. The van der Waals surface area contributed by atoms with Gasteiger partial charge in [-0.25, -0.2) is 0 Å². The van der Waals surface area contributed by atoms with Gasteiger partial charge in [0, 0.05) is 24.2 Å². The Labute approximate surface area is 179 Å². The van der Waals surface area contributed by atoms with Crippen molar-refractivity contribution in [3.8, 4) is 0 Å². The average molecular weight is 411 g/mol. The second-order valence-electron chi connectivity index (χ2n) is 8.90. The summed E-state index contributed by atoms with van der Waals surface area (Å²) < 4.78 is 0. The number of halogens is 1. The lowest BCUT2D eigenvalue weighted by molar-refractivity contribution is -0.128. The maximum atomic E-state index is 13.5. The van der Waals surface area contributed by atoms with Crippen LogP contribution in [0, 0.1) is 6.92 Å². The van der Waals surface area contributed by atoms with Gasteiger partial charge in [0.25, 0.3) is 0 Å². The first-order valence-corrected chi connectivity index (χ1v) is 11.2. The summed E-state index contributed by atoms with van der Waals surface area (Å²) in [5.41, 5.74) is 4.83. The Kier molecular flexibility index (Phi) is 5.98. The highest BCUT2D eigenvalue weighted by Gasteiger charge is 2.41. The largest absolute Gasteiger partial charge is 0.354 e. The highest BCUT2D eigenvalue weighted by Crippen LogP contribution is 2.40. The van der Waals surface area contributed by atoms with Gasteiger partial charge in [-0.15, -0.1) is 0 Å². The highest BCUT2D eigenvalue weighted by molar-refractivity contribution is 6.30. The Morgan fingerprint density at radius 1 is 1.10 bits per heavy atom. The number of nitrogens with zero attached hydrogens (tertiary/aromatic N) is 1. The van der Waals surface area contributed by atoms with Crippen LogP contribution in [0.3, 0.4) is 0 Å².